The molecule has 1 heterocycles. The van der Waals surface area contributed by atoms with Crippen LogP contribution in [0.25, 0.3) is 0 Å². The van der Waals surface area contributed by atoms with E-state index in [2.05, 4.69) is 6.58 Å². The Balaban J connectivity index is 3.15. The van der Waals surface area contributed by atoms with Crippen LogP contribution in [-0.4, -0.2) is 85.7 Å². The molecular weight excluding hydrogens is 706 g/mol. The van der Waals surface area contributed by atoms with Crippen LogP contribution in [-0.2, 0) is 52.4 Å². The Morgan fingerprint density at radius 1 is 0.691 bits per heavy atom. The largest absolute Gasteiger partial charge is 0.469 e. The number of nitrogens with zero attached hydrogens (tertiary/aromatic N) is 1. The number of methoxy groups -OCH3 is 1. The molecule has 55 heavy (non-hydrogen) atoms. The summed E-state index contributed by atoms with van der Waals surface area (Å²) in [4.78, 5) is 70.7. The lowest BCUT2D eigenvalue weighted by Crippen LogP contribution is -2.68. The average molecular weight is 774 g/mol. The van der Waals surface area contributed by atoms with Crippen LogP contribution < -0.4 is 0 Å². The molecule has 1 saturated heterocycles. The van der Waals surface area contributed by atoms with Gasteiger partial charge in [0.2, 0.25) is 0 Å². The maximum absolute atomic E-state index is 14.0. The normalized spacial score (nSPS) is 21.6. The first-order chi connectivity index (χ1) is 25.2. The smallest absolute Gasteiger partial charge is 0.313 e. The standard InChI is InChI=1S/C43H67NO11/c1-17-25-44(32(27-23-21-20-22-24-27)43(18-2,19-3)38(49)50-16)33-31(55-37(48)42(13,14)15)30(54-36(47)41(10,11)12)29(53-35(46)40(7,8)9)28(52-33)26-51-34(45)39(4,5)6/h17,20-24,28-33H,1,18-19,25-26H2,2-16H3/t28-,29+,30+,31-,32-,33-/m1/s1. The van der Waals surface area contributed by atoms with Crippen molar-refractivity contribution in [1.82, 2.24) is 4.90 Å². The van der Waals surface area contributed by atoms with Gasteiger partial charge >= 0.3 is 29.8 Å². The first-order valence-corrected chi connectivity index (χ1v) is 19.2. The predicted molar refractivity (Wildman–Crippen MR) is 208 cm³/mol. The molecule has 0 aliphatic carbocycles. The highest BCUT2D eigenvalue weighted by atomic mass is 16.7. The van der Waals surface area contributed by atoms with Crippen molar-refractivity contribution in [3.8, 4) is 0 Å². The topological polar surface area (TPSA) is 144 Å². The summed E-state index contributed by atoms with van der Waals surface area (Å²) >= 11 is 0. The second-order valence-corrected chi connectivity index (χ2v) is 18.4. The summed E-state index contributed by atoms with van der Waals surface area (Å²) in [6.45, 7) is 27.6. The maximum atomic E-state index is 14.0. The van der Waals surface area contributed by atoms with Gasteiger partial charge in [-0.05, 0) is 101 Å². The van der Waals surface area contributed by atoms with Crippen molar-refractivity contribution in [3.05, 3.63) is 48.6 Å². The zero-order valence-electron chi connectivity index (χ0n) is 35.9. The van der Waals surface area contributed by atoms with Gasteiger partial charge in [-0.15, -0.1) is 6.58 Å². The minimum atomic E-state index is -1.47. The Morgan fingerprint density at radius 2 is 1.13 bits per heavy atom. The third-order valence-electron chi connectivity index (χ3n) is 9.66. The monoisotopic (exact) mass is 773 g/mol. The van der Waals surface area contributed by atoms with E-state index in [4.69, 9.17) is 28.4 Å². The molecule has 1 fully saturated rings. The van der Waals surface area contributed by atoms with Gasteiger partial charge in [0.15, 0.2) is 24.5 Å². The lowest BCUT2D eigenvalue weighted by atomic mass is 9.71. The fourth-order valence-electron chi connectivity index (χ4n) is 6.18. The van der Waals surface area contributed by atoms with Crippen LogP contribution in [0.3, 0.4) is 0 Å². The van der Waals surface area contributed by atoms with Crippen LogP contribution in [0, 0.1) is 27.1 Å². The number of esters is 5. The number of carbonyl (C=O) groups excluding carboxylic acids is 5. The van der Waals surface area contributed by atoms with Crippen LogP contribution in [0.15, 0.2) is 43.0 Å². The third kappa shape index (κ3) is 11.6. The second kappa shape index (κ2) is 18.4. The molecule has 6 atom stereocenters. The molecule has 1 aliphatic heterocycles. The fraction of sp³-hybridized carbons (Fsp3) is 0.698. The first-order valence-electron chi connectivity index (χ1n) is 19.2. The quantitative estimate of drug-likeness (QED) is 0.106. The van der Waals surface area contributed by atoms with E-state index in [-0.39, 0.29) is 6.54 Å². The molecular formula is C43H67NO11. The Labute approximate surface area is 328 Å². The Kier molecular flexibility index (Phi) is 15.9. The summed E-state index contributed by atoms with van der Waals surface area (Å²) in [6, 6.07) is 8.54. The van der Waals surface area contributed by atoms with Gasteiger partial charge in [-0.25, -0.2) is 0 Å². The van der Waals surface area contributed by atoms with Crippen LogP contribution in [0.1, 0.15) is 121 Å². The summed E-state index contributed by atoms with van der Waals surface area (Å²) < 4.78 is 37.1. The molecule has 0 N–H and O–H groups in total. The zero-order valence-corrected chi connectivity index (χ0v) is 35.9. The lowest BCUT2D eigenvalue weighted by molar-refractivity contribution is -0.290. The van der Waals surface area contributed by atoms with E-state index >= 15 is 0 Å². The molecule has 1 aromatic rings. The first kappa shape index (κ1) is 47.4. The number of benzene rings is 1. The Bertz CT molecular complexity index is 1490. The van der Waals surface area contributed by atoms with Gasteiger partial charge in [0.1, 0.15) is 12.7 Å². The molecule has 1 aromatic carbocycles. The van der Waals surface area contributed by atoms with E-state index in [0.29, 0.717) is 12.8 Å². The van der Waals surface area contributed by atoms with Gasteiger partial charge < -0.3 is 28.4 Å². The second-order valence-electron chi connectivity index (χ2n) is 18.4. The fourth-order valence-corrected chi connectivity index (χ4v) is 6.18. The van der Waals surface area contributed by atoms with Crippen molar-refractivity contribution >= 4 is 29.8 Å². The zero-order chi connectivity index (χ0) is 42.3. The van der Waals surface area contributed by atoms with E-state index in [1.54, 1.807) is 89.2 Å². The van der Waals surface area contributed by atoms with Gasteiger partial charge in [-0.2, -0.15) is 0 Å². The van der Waals surface area contributed by atoms with Gasteiger partial charge in [0, 0.05) is 6.54 Å². The van der Waals surface area contributed by atoms with Crippen molar-refractivity contribution in [3.63, 3.8) is 0 Å². The van der Waals surface area contributed by atoms with Gasteiger partial charge in [-0.3, -0.25) is 28.9 Å². The van der Waals surface area contributed by atoms with Gasteiger partial charge in [0.05, 0.1) is 40.2 Å². The van der Waals surface area contributed by atoms with E-state index in [9.17, 15) is 24.0 Å². The summed E-state index contributed by atoms with van der Waals surface area (Å²) in [7, 11) is 1.34. The van der Waals surface area contributed by atoms with Crippen LogP contribution in [0.2, 0.25) is 0 Å². The number of carbonyl (C=O) groups is 5. The molecule has 310 valence electrons. The SMILES string of the molecule is C=CCN([C@@H]1O[C@H](COC(=O)C(C)(C)C)[C@H](OC(=O)C(C)(C)C)[C@H](OC(=O)C(C)(C)C)[C@H]1OC(=O)C(C)(C)C)[C@H](c1ccccc1)C(CC)(CC)C(=O)OC. The maximum Gasteiger partial charge on any atom is 0.313 e. The summed E-state index contributed by atoms with van der Waals surface area (Å²) in [6.07, 6.45) is -4.56. The predicted octanol–water partition coefficient (Wildman–Crippen LogP) is 7.38. The highest BCUT2D eigenvalue weighted by Crippen LogP contribution is 2.48. The van der Waals surface area contributed by atoms with E-state index in [0.717, 1.165) is 5.56 Å². The van der Waals surface area contributed by atoms with E-state index < -0.39 is 100 Å². The molecule has 1 aliphatic rings. The van der Waals surface area contributed by atoms with Crippen molar-refractivity contribution in [2.75, 3.05) is 20.3 Å². The Hall–Kier alpha value is -3.77. The van der Waals surface area contributed by atoms with Crippen molar-refractivity contribution < 1.29 is 52.4 Å². The molecule has 0 bridgehead atoms. The van der Waals surface area contributed by atoms with Crippen LogP contribution in [0.4, 0.5) is 0 Å². The van der Waals surface area contributed by atoms with Gasteiger partial charge in [0.25, 0.3) is 0 Å². The highest BCUT2D eigenvalue weighted by molar-refractivity contribution is 5.79. The lowest BCUT2D eigenvalue weighted by Gasteiger charge is -2.53. The van der Waals surface area contributed by atoms with Crippen LogP contribution >= 0.6 is 0 Å². The average Bonchev–Trinajstić information content (AvgIpc) is 3.08. The Morgan fingerprint density at radius 3 is 1.53 bits per heavy atom. The third-order valence-corrected chi connectivity index (χ3v) is 9.66. The molecule has 0 unspecified atom stereocenters. The molecule has 0 saturated carbocycles. The molecule has 12 nitrogen and oxygen atoms in total. The molecule has 2 rings (SSSR count). The number of hydrogen-bond acceptors (Lipinski definition) is 12. The summed E-state index contributed by atoms with van der Waals surface area (Å²) in [5.41, 5.74) is -4.45. The summed E-state index contributed by atoms with van der Waals surface area (Å²) in [5, 5.41) is 0. The van der Waals surface area contributed by atoms with Crippen molar-refractivity contribution in [2.24, 2.45) is 27.1 Å². The molecule has 12 heteroatoms. The molecule has 0 radical (unpaired) electrons. The van der Waals surface area contributed by atoms with Crippen molar-refractivity contribution in [2.45, 2.75) is 146 Å². The summed E-state index contributed by atoms with van der Waals surface area (Å²) in [5.74, 6) is -3.00. The van der Waals surface area contributed by atoms with E-state index in [1.807, 2.05) is 49.1 Å². The van der Waals surface area contributed by atoms with Gasteiger partial charge in [-0.1, -0.05) is 50.3 Å². The minimum absolute atomic E-state index is 0.0768. The minimum Gasteiger partial charge on any atom is -0.469 e. The molecule has 0 amide bonds. The van der Waals surface area contributed by atoms with E-state index in [1.165, 1.54) is 7.11 Å². The number of rotatable bonds is 14. The molecule has 0 spiro atoms. The highest BCUT2D eigenvalue weighted by Gasteiger charge is 2.59. The van der Waals surface area contributed by atoms with Crippen LogP contribution in [0.5, 0.6) is 0 Å². The van der Waals surface area contributed by atoms with Crippen molar-refractivity contribution in [1.29, 1.82) is 0 Å². The molecule has 0 aromatic heterocycles. The number of ether oxygens (including phenoxy) is 6. The number of hydrogen-bond donors (Lipinski definition) is 0.